The molecule has 2 heterocycles. The van der Waals surface area contributed by atoms with Gasteiger partial charge in [-0.05, 0) is 48.1 Å². The second-order valence-corrected chi connectivity index (χ2v) is 7.47. The first-order valence-corrected chi connectivity index (χ1v) is 9.75. The number of nitrogens with zero attached hydrogens (tertiary/aromatic N) is 1. The molecular weight excluding hydrogens is 342 g/mol. The molecule has 0 aliphatic carbocycles. The van der Waals surface area contributed by atoms with E-state index >= 15 is 0 Å². The molecule has 0 radical (unpaired) electrons. The third-order valence-electron chi connectivity index (χ3n) is 4.77. The highest BCUT2D eigenvalue weighted by molar-refractivity contribution is 7.10. The van der Waals surface area contributed by atoms with Crippen LogP contribution in [0.25, 0.3) is 0 Å². The Labute approximate surface area is 157 Å². The normalized spacial score (nSPS) is 17.4. The molecule has 0 saturated heterocycles. The predicted octanol–water partition coefficient (Wildman–Crippen LogP) is 4.69. The van der Waals surface area contributed by atoms with Crippen LogP contribution >= 0.6 is 11.3 Å². The van der Waals surface area contributed by atoms with Gasteiger partial charge in [-0.2, -0.15) is 0 Å². The number of carbonyl (C=O) groups excluding carboxylic acids is 1. The van der Waals surface area contributed by atoms with E-state index in [1.165, 1.54) is 10.4 Å². The van der Waals surface area contributed by atoms with E-state index in [9.17, 15) is 4.79 Å². The van der Waals surface area contributed by atoms with Crippen LogP contribution in [0.15, 0.2) is 72.1 Å². The molecule has 1 aromatic heterocycles. The summed E-state index contributed by atoms with van der Waals surface area (Å²) in [5.41, 5.74) is 2.39. The van der Waals surface area contributed by atoms with E-state index in [1.54, 1.807) is 11.3 Å². The van der Waals surface area contributed by atoms with Crippen LogP contribution in [0.2, 0.25) is 0 Å². The number of benzene rings is 2. The Bertz CT molecular complexity index is 875. The van der Waals surface area contributed by atoms with Crippen LogP contribution in [0.1, 0.15) is 29.0 Å². The Balaban J connectivity index is 1.62. The van der Waals surface area contributed by atoms with Gasteiger partial charge in [0.2, 0.25) is 0 Å². The number of rotatable bonds is 4. The van der Waals surface area contributed by atoms with E-state index < -0.39 is 6.10 Å². The standard InChI is InChI=1S/C22H21NO2S/c1-16(25-18-10-6-3-7-11-18)22(24)23-14-12-20-19(13-15-26-20)21(23)17-8-4-2-5-9-17/h2-11,13,15-16,21H,12,14H2,1H3. The maximum Gasteiger partial charge on any atom is 0.264 e. The minimum absolute atomic E-state index is 0.0274. The number of fused-ring (bicyclic) bond motifs is 1. The molecule has 2 unspecified atom stereocenters. The fraction of sp³-hybridized carbons (Fsp3) is 0.227. The highest BCUT2D eigenvalue weighted by Crippen LogP contribution is 2.38. The molecular formula is C22H21NO2S. The number of amides is 1. The Morgan fingerprint density at radius 3 is 2.50 bits per heavy atom. The number of ether oxygens (including phenoxy) is 1. The number of hydrogen-bond donors (Lipinski definition) is 0. The Kier molecular flexibility index (Phi) is 4.76. The minimum atomic E-state index is -0.524. The van der Waals surface area contributed by atoms with Crippen LogP contribution in [0.3, 0.4) is 0 Å². The van der Waals surface area contributed by atoms with E-state index in [0.717, 1.165) is 17.7 Å². The maximum absolute atomic E-state index is 13.2. The first-order valence-electron chi connectivity index (χ1n) is 8.87. The molecule has 26 heavy (non-hydrogen) atoms. The van der Waals surface area contributed by atoms with Crippen molar-refractivity contribution in [3.05, 3.63) is 88.1 Å². The first-order chi connectivity index (χ1) is 12.7. The molecule has 0 fully saturated rings. The van der Waals surface area contributed by atoms with Crippen molar-refractivity contribution in [3.63, 3.8) is 0 Å². The zero-order chi connectivity index (χ0) is 17.9. The number of hydrogen-bond acceptors (Lipinski definition) is 3. The summed E-state index contributed by atoms with van der Waals surface area (Å²) in [5.74, 6) is 0.748. The Morgan fingerprint density at radius 1 is 1.08 bits per heavy atom. The SMILES string of the molecule is CC(Oc1ccccc1)C(=O)N1CCc2sccc2C1c1ccccc1. The lowest BCUT2D eigenvalue weighted by Gasteiger charge is -2.37. The summed E-state index contributed by atoms with van der Waals surface area (Å²) >= 11 is 1.78. The molecule has 3 nitrogen and oxygen atoms in total. The molecule has 0 N–H and O–H groups in total. The average Bonchev–Trinajstić information content (AvgIpc) is 3.17. The fourth-order valence-corrected chi connectivity index (χ4v) is 4.44. The third kappa shape index (κ3) is 3.25. The zero-order valence-electron chi connectivity index (χ0n) is 14.7. The van der Waals surface area contributed by atoms with Crippen molar-refractivity contribution < 1.29 is 9.53 Å². The predicted molar refractivity (Wildman–Crippen MR) is 105 cm³/mol. The van der Waals surface area contributed by atoms with Crippen molar-refractivity contribution in [2.75, 3.05) is 6.54 Å². The molecule has 1 aliphatic heterocycles. The first kappa shape index (κ1) is 16.9. The van der Waals surface area contributed by atoms with Crippen LogP contribution < -0.4 is 4.74 Å². The molecule has 1 aliphatic rings. The van der Waals surface area contributed by atoms with Crippen molar-refractivity contribution in [2.24, 2.45) is 0 Å². The summed E-state index contributed by atoms with van der Waals surface area (Å²) in [6, 6.07) is 21.9. The van der Waals surface area contributed by atoms with Crippen LogP contribution in [-0.4, -0.2) is 23.5 Å². The summed E-state index contributed by atoms with van der Waals surface area (Å²) < 4.78 is 5.89. The number of para-hydroxylation sites is 1. The van der Waals surface area contributed by atoms with Crippen LogP contribution in [-0.2, 0) is 11.2 Å². The summed E-state index contributed by atoms with van der Waals surface area (Å²) in [5, 5.41) is 2.12. The summed E-state index contributed by atoms with van der Waals surface area (Å²) in [6.07, 6.45) is 0.379. The molecule has 4 heteroatoms. The van der Waals surface area contributed by atoms with Gasteiger partial charge in [-0.3, -0.25) is 4.79 Å². The van der Waals surface area contributed by atoms with Crippen molar-refractivity contribution in [2.45, 2.75) is 25.5 Å². The van der Waals surface area contributed by atoms with Gasteiger partial charge in [0, 0.05) is 11.4 Å². The van der Waals surface area contributed by atoms with Gasteiger partial charge in [0.1, 0.15) is 5.75 Å². The number of thiophene rings is 1. The van der Waals surface area contributed by atoms with E-state index in [0.29, 0.717) is 6.54 Å². The van der Waals surface area contributed by atoms with Gasteiger partial charge in [-0.25, -0.2) is 0 Å². The lowest BCUT2D eigenvalue weighted by atomic mass is 9.93. The summed E-state index contributed by atoms with van der Waals surface area (Å²) in [7, 11) is 0. The lowest BCUT2D eigenvalue weighted by Crippen LogP contribution is -2.46. The highest BCUT2D eigenvalue weighted by atomic mass is 32.1. The summed E-state index contributed by atoms with van der Waals surface area (Å²) in [6.45, 7) is 2.55. The van der Waals surface area contributed by atoms with Gasteiger partial charge < -0.3 is 9.64 Å². The molecule has 132 valence electrons. The fourth-order valence-electron chi connectivity index (χ4n) is 3.54. The zero-order valence-corrected chi connectivity index (χ0v) is 15.5. The molecule has 0 spiro atoms. The lowest BCUT2D eigenvalue weighted by molar-refractivity contribution is -0.140. The third-order valence-corrected chi connectivity index (χ3v) is 5.76. The second kappa shape index (κ2) is 7.34. The number of carbonyl (C=O) groups is 1. The molecule has 2 atom stereocenters. The second-order valence-electron chi connectivity index (χ2n) is 6.47. The van der Waals surface area contributed by atoms with Crippen molar-refractivity contribution >= 4 is 17.2 Å². The largest absolute Gasteiger partial charge is 0.481 e. The van der Waals surface area contributed by atoms with Gasteiger partial charge in [-0.15, -0.1) is 11.3 Å². The van der Waals surface area contributed by atoms with Gasteiger partial charge >= 0.3 is 0 Å². The van der Waals surface area contributed by atoms with Crippen molar-refractivity contribution in [3.8, 4) is 5.75 Å². The van der Waals surface area contributed by atoms with Crippen molar-refractivity contribution in [1.82, 2.24) is 4.90 Å². The molecule has 0 saturated carbocycles. The van der Waals surface area contributed by atoms with Gasteiger partial charge in [0.25, 0.3) is 5.91 Å². The van der Waals surface area contributed by atoms with E-state index in [2.05, 4.69) is 23.6 Å². The Hall–Kier alpha value is -2.59. The average molecular weight is 363 g/mol. The van der Waals surface area contributed by atoms with Gasteiger partial charge in [-0.1, -0.05) is 48.5 Å². The Morgan fingerprint density at radius 2 is 1.77 bits per heavy atom. The molecule has 0 bridgehead atoms. The molecule has 2 aromatic carbocycles. The van der Waals surface area contributed by atoms with Crippen molar-refractivity contribution in [1.29, 1.82) is 0 Å². The van der Waals surface area contributed by atoms with Gasteiger partial charge in [0.05, 0.1) is 6.04 Å². The molecule has 1 amide bonds. The molecule has 3 aromatic rings. The molecule has 4 rings (SSSR count). The van der Waals surface area contributed by atoms with E-state index in [1.807, 2.05) is 60.4 Å². The van der Waals surface area contributed by atoms with Crippen LogP contribution in [0, 0.1) is 0 Å². The topological polar surface area (TPSA) is 29.5 Å². The van der Waals surface area contributed by atoms with E-state index in [4.69, 9.17) is 4.74 Å². The van der Waals surface area contributed by atoms with Crippen LogP contribution in [0.4, 0.5) is 0 Å². The summed E-state index contributed by atoms with van der Waals surface area (Å²) in [4.78, 5) is 16.6. The quantitative estimate of drug-likeness (QED) is 0.673. The highest BCUT2D eigenvalue weighted by Gasteiger charge is 2.35. The maximum atomic E-state index is 13.2. The monoisotopic (exact) mass is 363 g/mol. The van der Waals surface area contributed by atoms with Gasteiger partial charge in [0.15, 0.2) is 6.10 Å². The van der Waals surface area contributed by atoms with Crippen LogP contribution in [0.5, 0.6) is 5.75 Å². The van der Waals surface area contributed by atoms with E-state index in [-0.39, 0.29) is 11.9 Å². The smallest absolute Gasteiger partial charge is 0.264 e. The minimum Gasteiger partial charge on any atom is -0.481 e.